The van der Waals surface area contributed by atoms with E-state index in [1.807, 2.05) is 25.1 Å². The highest BCUT2D eigenvalue weighted by Crippen LogP contribution is 2.25. The van der Waals surface area contributed by atoms with E-state index in [2.05, 4.69) is 53.8 Å². The highest BCUT2D eigenvalue weighted by atomic mass is 127. The minimum atomic E-state index is 0.373. The number of rotatable bonds is 5. The fourth-order valence-corrected chi connectivity index (χ4v) is 2.18. The molecule has 0 amide bonds. The van der Waals surface area contributed by atoms with Gasteiger partial charge in [-0.3, -0.25) is 0 Å². The Balaban J connectivity index is 3.16. The predicted molar refractivity (Wildman–Crippen MR) is 88.1 cm³/mol. The van der Waals surface area contributed by atoms with E-state index in [4.69, 9.17) is 0 Å². The lowest BCUT2D eigenvalue weighted by molar-refractivity contribution is 0.471. The maximum atomic E-state index is 9.71. The monoisotopic (exact) mass is 354 g/mol. The lowest BCUT2D eigenvalue weighted by atomic mass is 10.0. The Bertz CT molecular complexity index is 470. The second-order valence-corrected chi connectivity index (χ2v) is 4.70. The van der Waals surface area contributed by atoms with Crippen LogP contribution in [0.3, 0.4) is 0 Å². The van der Waals surface area contributed by atoms with Crippen molar-refractivity contribution >= 4 is 28.2 Å². The summed E-state index contributed by atoms with van der Waals surface area (Å²) < 4.78 is 0.811. The molecule has 0 aliphatic carbocycles. The molecule has 0 heterocycles. The Morgan fingerprint density at radius 2 is 2.17 bits per heavy atom. The molecule has 0 atom stereocenters. The van der Waals surface area contributed by atoms with Crippen molar-refractivity contribution < 1.29 is 5.11 Å². The molecule has 0 fully saturated rings. The molecule has 1 N–H and O–H groups in total. The van der Waals surface area contributed by atoms with E-state index < -0.39 is 0 Å². The fourth-order valence-electron chi connectivity index (χ4n) is 1.56. The lowest BCUT2D eigenvalue weighted by Gasteiger charge is -2.06. The molecule has 0 spiro atoms. The third kappa shape index (κ3) is 4.33. The van der Waals surface area contributed by atoms with Crippen LogP contribution < -0.4 is 0 Å². The summed E-state index contributed by atoms with van der Waals surface area (Å²) in [6.45, 7) is 4.13. The molecule has 0 radical (unpaired) electrons. The summed E-state index contributed by atoms with van der Waals surface area (Å²) in [5.74, 6) is 0.373. The first-order valence-electron chi connectivity index (χ1n) is 6.10. The summed E-state index contributed by atoms with van der Waals surface area (Å²) in [6, 6.07) is 5.78. The van der Waals surface area contributed by atoms with Crippen LogP contribution in [-0.2, 0) is 4.43 Å². The first-order valence-corrected chi connectivity index (χ1v) is 7.63. The largest absolute Gasteiger partial charge is 0.508 e. The average molecular weight is 354 g/mol. The molecule has 0 aromatic heterocycles. The minimum Gasteiger partial charge on any atom is -0.508 e. The summed E-state index contributed by atoms with van der Waals surface area (Å²) in [6.07, 6.45) is 11.4. The van der Waals surface area contributed by atoms with Crippen molar-refractivity contribution in [3.63, 3.8) is 0 Å². The molecule has 18 heavy (non-hydrogen) atoms. The molecule has 1 rings (SSSR count). The van der Waals surface area contributed by atoms with Crippen LogP contribution in [0.15, 0.2) is 48.6 Å². The van der Waals surface area contributed by atoms with Crippen molar-refractivity contribution in [2.24, 2.45) is 0 Å². The van der Waals surface area contributed by atoms with Crippen molar-refractivity contribution in [3.05, 3.63) is 59.7 Å². The molecule has 1 aromatic rings. The molecule has 2 heteroatoms. The maximum Gasteiger partial charge on any atom is 0.119 e. The highest BCUT2D eigenvalue weighted by Gasteiger charge is 2.03. The van der Waals surface area contributed by atoms with Crippen molar-refractivity contribution in [2.75, 3.05) is 0 Å². The number of aromatic hydroxyl groups is 1. The van der Waals surface area contributed by atoms with Crippen LogP contribution in [0.5, 0.6) is 5.75 Å². The van der Waals surface area contributed by atoms with Gasteiger partial charge in [-0.2, -0.15) is 0 Å². The van der Waals surface area contributed by atoms with Gasteiger partial charge in [0, 0.05) is 9.99 Å². The van der Waals surface area contributed by atoms with Crippen LogP contribution in [0.4, 0.5) is 0 Å². The standard InChI is InChI=1S/C16H19IO/c1-3-5-7-13(8-6-4-2)14-9-10-16(18)15(11-14)12-17/h3,5-11,18H,4,12H2,1-2H3/b5-3-,8-6+,13-7+. The van der Waals surface area contributed by atoms with Crippen molar-refractivity contribution in [1.82, 2.24) is 0 Å². The Morgan fingerprint density at radius 3 is 2.78 bits per heavy atom. The summed E-state index contributed by atoms with van der Waals surface area (Å²) >= 11 is 2.27. The quantitative estimate of drug-likeness (QED) is 0.435. The number of halogens is 1. The summed E-state index contributed by atoms with van der Waals surface area (Å²) in [5, 5.41) is 9.71. The molecular formula is C16H19IO. The number of hydrogen-bond acceptors (Lipinski definition) is 1. The third-order valence-electron chi connectivity index (χ3n) is 2.56. The first-order chi connectivity index (χ1) is 8.72. The van der Waals surface area contributed by atoms with Gasteiger partial charge in [0.25, 0.3) is 0 Å². The summed E-state index contributed by atoms with van der Waals surface area (Å²) in [7, 11) is 0. The summed E-state index contributed by atoms with van der Waals surface area (Å²) in [4.78, 5) is 0. The number of hydrogen-bond donors (Lipinski definition) is 1. The van der Waals surface area contributed by atoms with E-state index >= 15 is 0 Å². The minimum absolute atomic E-state index is 0.373. The molecular weight excluding hydrogens is 335 g/mol. The van der Waals surface area contributed by atoms with Crippen LogP contribution in [-0.4, -0.2) is 5.11 Å². The number of benzene rings is 1. The fraction of sp³-hybridized carbons (Fsp3) is 0.250. The van der Waals surface area contributed by atoms with E-state index in [1.54, 1.807) is 6.07 Å². The van der Waals surface area contributed by atoms with Crippen LogP contribution in [0.1, 0.15) is 31.4 Å². The van der Waals surface area contributed by atoms with Gasteiger partial charge in [0.05, 0.1) is 0 Å². The van der Waals surface area contributed by atoms with Crippen LogP contribution in [0.25, 0.3) is 5.57 Å². The van der Waals surface area contributed by atoms with Gasteiger partial charge in [0.15, 0.2) is 0 Å². The molecule has 0 aliphatic heterocycles. The number of phenols is 1. The Morgan fingerprint density at radius 1 is 1.39 bits per heavy atom. The van der Waals surface area contributed by atoms with Gasteiger partial charge in [0.1, 0.15) is 5.75 Å². The van der Waals surface area contributed by atoms with E-state index in [0.717, 1.165) is 22.0 Å². The van der Waals surface area contributed by atoms with Gasteiger partial charge in [-0.15, -0.1) is 0 Å². The Labute approximate surface area is 123 Å². The van der Waals surface area contributed by atoms with Crippen molar-refractivity contribution in [2.45, 2.75) is 24.7 Å². The first kappa shape index (κ1) is 15.0. The Kier molecular flexibility index (Phi) is 6.80. The van der Waals surface area contributed by atoms with Gasteiger partial charge in [-0.25, -0.2) is 0 Å². The van der Waals surface area contributed by atoms with Crippen LogP contribution in [0, 0.1) is 0 Å². The van der Waals surface area contributed by atoms with E-state index in [9.17, 15) is 5.11 Å². The topological polar surface area (TPSA) is 20.2 Å². The maximum absolute atomic E-state index is 9.71. The van der Waals surface area contributed by atoms with Crippen LogP contribution in [0.2, 0.25) is 0 Å². The van der Waals surface area contributed by atoms with Crippen molar-refractivity contribution in [1.29, 1.82) is 0 Å². The third-order valence-corrected chi connectivity index (χ3v) is 3.38. The van der Waals surface area contributed by atoms with Gasteiger partial charge < -0.3 is 5.11 Å². The molecule has 0 saturated heterocycles. The van der Waals surface area contributed by atoms with E-state index in [1.165, 1.54) is 5.57 Å². The normalized spacial score (nSPS) is 12.7. The van der Waals surface area contributed by atoms with Gasteiger partial charge in [0.2, 0.25) is 0 Å². The van der Waals surface area contributed by atoms with E-state index in [0.29, 0.717) is 5.75 Å². The summed E-state index contributed by atoms with van der Waals surface area (Å²) in [5.41, 5.74) is 3.28. The molecule has 1 aromatic carbocycles. The number of alkyl halides is 1. The van der Waals surface area contributed by atoms with E-state index in [-0.39, 0.29) is 0 Å². The second kappa shape index (κ2) is 8.14. The zero-order valence-electron chi connectivity index (χ0n) is 10.9. The molecule has 96 valence electrons. The van der Waals surface area contributed by atoms with Gasteiger partial charge >= 0.3 is 0 Å². The lowest BCUT2D eigenvalue weighted by Crippen LogP contribution is -1.85. The van der Waals surface area contributed by atoms with Gasteiger partial charge in [-0.05, 0) is 36.6 Å². The predicted octanol–water partition coefficient (Wildman–Crippen LogP) is 5.25. The van der Waals surface area contributed by atoms with Crippen molar-refractivity contribution in [3.8, 4) is 5.75 Å². The zero-order valence-corrected chi connectivity index (χ0v) is 13.0. The number of allylic oxidation sites excluding steroid dienone is 6. The zero-order chi connectivity index (χ0) is 13.4. The second-order valence-electron chi connectivity index (χ2n) is 3.94. The molecule has 0 unspecified atom stereocenters. The van der Waals surface area contributed by atoms with Gasteiger partial charge in [-0.1, -0.05) is 66.0 Å². The average Bonchev–Trinajstić information content (AvgIpc) is 2.40. The molecule has 0 saturated carbocycles. The molecule has 0 bridgehead atoms. The Hall–Kier alpha value is -1.03. The number of phenolic OH excluding ortho intramolecular Hbond substituents is 1. The molecule has 1 nitrogen and oxygen atoms in total. The smallest absolute Gasteiger partial charge is 0.119 e. The highest BCUT2D eigenvalue weighted by molar-refractivity contribution is 14.1. The molecule has 0 aliphatic rings. The SMILES string of the molecule is C\C=C/C=C(\C=C\CC)c1ccc(O)c(CI)c1. The van der Waals surface area contributed by atoms with Crippen LogP contribution >= 0.6 is 22.6 Å².